The van der Waals surface area contributed by atoms with Crippen LogP contribution in [0.15, 0.2) is 54.7 Å². The summed E-state index contributed by atoms with van der Waals surface area (Å²) >= 11 is 0. The van der Waals surface area contributed by atoms with Crippen LogP contribution in [0, 0.1) is 22.9 Å². The van der Waals surface area contributed by atoms with Crippen LogP contribution in [0.2, 0.25) is 0 Å². The third-order valence-electron chi connectivity index (χ3n) is 6.60. The predicted octanol–water partition coefficient (Wildman–Crippen LogP) is 5.64. The number of hydrogen-bond acceptors (Lipinski definition) is 2. The number of hydrogen-bond donors (Lipinski definition) is 1. The Balaban J connectivity index is 1.58. The molecule has 2 unspecified atom stereocenters. The van der Waals surface area contributed by atoms with E-state index in [4.69, 9.17) is 0 Å². The van der Waals surface area contributed by atoms with Gasteiger partial charge in [0.25, 0.3) is 0 Å². The molecule has 0 saturated heterocycles. The molecule has 1 heterocycles. The van der Waals surface area contributed by atoms with Gasteiger partial charge < -0.3 is 5.11 Å². The SMILES string of the molecule is CCC(O)(CCc1ccc(F)cc1F)C1(C)C=Cc2c(cnn2-c2ccc(F)cc2)C1. The molecule has 31 heavy (non-hydrogen) atoms. The third-order valence-corrected chi connectivity index (χ3v) is 6.60. The summed E-state index contributed by atoms with van der Waals surface area (Å²) in [6, 6.07) is 9.67. The number of aryl methyl sites for hydroxylation is 1. The Morgan fingerprint density at radius 3 is 2.48 bits per heavy atom. The van der Waals surface area contributed by atoms with Gasteiger partial charge in [-0.05, 0) is 73.2 Å². The van der Waals surface area contributed by atoms with E-state index >= 15 is 0 Å². The average molecular weight is 426 g/mol. The van der Waals surface area contributed by atoms with Gasteiger partial charge in [-0.15, -0.1) is 0 Å². The highest BCUT2D eigenvalue weighted by atomic mass is 19.1. The molecule has 1 aliphatic carbocycles. The zero-order chi connectivity index (χ0) is 22.2. The van der Waals surface area contributed by atoms with E-state index in [0.29, 0.717) is 31.2 Å². The highest BCUT2D eigenvalue weighted by Crippen LogP contribution is 2.45. The molecule has 3 aromatic rings. The minimum Gasteiger partial charge on any atom is -0.389 e. The van der Waals surface area contributed by atoms with E-state index in [2.05, 4.69) is 5.10 Å². The van der Waals surface area contributed by atoms with Gasteiger partial charge in [-0.1, -0.05) is 26.0 Å². The minimum absolute atomic E-state index is 0.307. The van der Waals surface area contributed by atoms with E-state index < -0.39 is 22.7 Å². The maximum atomic E-state index is 14.1. The standard InChI is InChI=1S/C25H25F3N2O/c1-3-25(31,13-10-17-4-5-20(27)14-22(17)28)24(2)12-11-23-18(15-24)16-29-30(23)21-8-6-19(26)7-9-21/h4-9,11-12,14,16,31H,3,10,13,15H2,1-2H3. The lowest BCUT2D eigenvalue weighted by Gasteiger charge is -2.44. The highest BCUT2D eigenvalue weighted by Gasteiger charge is 2.45. The Morgan fingerprint density at radius 1 is 1.10 bits per heavy atom. The molecular weight excluding hydrogens is 401 g/mol. The largest absolute Gasteiger partial charge is 0.389 e. The molecule has 6 heteroatoms. The van der Waals surface area contributed by atoms with Crippen molar-refractivity contribution in [3.63, 3.8) is 0 Å². The molecule has 0 radical (unpaired) electrons. The normalized spacial score (nSPS) is 19.8. The molecule has 0 fully saturated rings. The summed E-state index contributed by atoms with van der Waals surface area (Å²) in [4.78, 5) is 0. The molecule has 1 aromatic heterocycles. The lowest BCUT2D eigenvalue weighted by atomic mass is 9.64. The first-order valence-corrected chi connectivity index (χ1v) is 10.4. The van der Waals surface area contributed by atoms with E-state index in [1.165, 1.54) is 24.3 Å². The van der Waals surface area contributed by atoms with Gasteiger partial charge in [-0.2, -0.15) is 5.10 Å². The second-order valence-electron chi connectivity index (χ2n) is 8.49. The molecule has 4 rings (SSSR count). The third kappa shape index (κ3) is 3.92. The molecular formula is C25H25F3N2O. The van der Waals surface area contributed by atoms with Gasteiger partial charge >= 0.3 is 0 Å². The van der Waals surface area contributed by atoms with Gasteiger partial charge in [-0.3, -0.25) is 0 Å². The van der Waals surface area contributed by atoms with Crippen molar-refractivity contribution >= 4 is 6.08 Å². The Kier molecular flexibility index (Phi) is 5.52. The van der Waals surface area contributed by atoms with E-state index in [1.54, 1.807) is 23.0 Å². The zero-order valence-electron chi connectivity index (χ0n) is 17.6. The van der Waals surface area contributed by atoms with Crippen LogP contribution in [0.5, 0.6) is 0 Å². The van der Waals surface area contributed by atoms with Crippen molar-refractivity contribution in [2.75, 3.05) is 0 Å². The van der Waals surface area contributed by atoms with Crippen molar-refractivity contribution in [2.45, 2.75) is 45.1 Å². The summed E-state index contributed by atoms with van der Waals surface area (Å²) in [5.74, 6) is -1.51. The first kappa shape index (κ1) is 21.4. The van der Waals surface area contributed by atoms with Gasteiger partial charge in [0.2, 0.25) is 0 Å². The molecule has 2 atom stereocenters. The Morgan fingerprint density at radius 2 is 1.81 bits per heavy atom. The maximum absolute atomic E-state index is 14.1. The zero-order valence-corrected chi connectivity index (χ0v) is 17.6. The lowest BCUT2D eigenvalue weighted by molar-refractivity contribution is -0.0613. The minimum atomic E-state index is -1.08. The van der Waals surface area contributed by atoms with Crippen molar-refractivity contribution in [3.8, 4) is 5.69 Å². The molecule has 1 N–H and O–H groups in total. The van der Waals surface area contributed by atoms with Crippen LogP contribution in [0.3, 0.4) is 0 Å². The smallest absolute Gasteiger partial charge is 0.129 e. The van der Waals surface area contributed by atoms with Gasteiger partial charge in [-0.25, -0.2) is 17.9 Å². The number of fused-ring (bicyclic) bond motifs is 1. The second kappa shape index (κ2) is 8.00. The molecule has 0 aliphatic heterocycles. The molecule has 2 aromatic carbocycles. The number of benzene rings is 2. The van der Waals surface area contributed by atoms with Crippen molar-refractivity contribution in [1.82, 2.24) is 9.78 Å². The molecule has 0 amide bonds. The Hall–Kier alpha value is -2.86. The van der Waals surface area contributed by atoms with Gasteiger partial charge in [0.05, 0.1) is 23.2 Å². The van der Waals surface area contributed by atoms with Crippen LogP contribution >= 0.6 is 0 Å². The monoisotopic (exact) mass is 426 g/mol. The predicted molar refractivity (Wildman–Crippen MR) is 114 cm³/mol. The topological polar surface area (TPSA) is 38.1 Å². The van der Waals surface area contributed by atoms with E-state index in [1.807, 2.05) is 26.0 Å². The first-order chi connectivity index (χ1) is 14.7. The van der Waals surface area contributed by atoms with Crippen LogP contribution in [0.4, 0.5) is 13.2 Å². The van der Waals surface area contributed by atoms with E-state index in [-0.39, 0.29) is 5.82 Å². The van der Waals surface area contributed by atoms with Gasteiger partial charge in [0.15, 0.2) is 0 Å². The van der Waals surface area contributed by atoms with Crippen molar-refractivity contribution in [1.29, 1.82) is 0 Å². The fourth-order valence-corrected chi connectivity index (χ4v) is 4.46. The molecule has 1 aliphatic rings. The number of nitrogens with zero attached hydrogens (tertiary/aromatic N) is 2. The summed E-state index contributed by atoms with van der Waals surface area (Å²) in [6.45, 7) is 3.91. The summed E-state index contributed by atoms with van der Waals surface area (Å²) in [7, 11) is 0. The number of aromatic nitrogens is 2. The Bertz CT molecular complexity index is 1120. The number of halogens is 3. The van der Waals surface area contributed by atoms with Crippen LogP contribution in [-0.2, 0) is 12.8 Å². The highest BCUT2D eigenvalue weighted by molar-refractivity contribution is 5.57. The number of rotatable bonds is 6. The van der Waals surface area contributed by atoms with E-state index in [9.17, 15) is 18.3 Å². The number of aliphatic hydroxyl groups is 1. The van der Waals surface area contributed by atoms with Crippen LogP contribution < -0.4 is 0 Å². The van der Waals surface area contributed by atoms with Crippen molar-refractivity contribution < 1.29 is 18.3 Å². The molecule has 0 spiro atoms. The van der Waals surface area contributed by atoms with Crippen LogP contribution in [-0.4, -0.2) is 20.5 Å². The summed E-state index contributed by atoms with van der Waals surface area (Å²) in [5, 5.41) is 16.0. The molecule has 0 saturated carbocycles. The fourth-order valence-electron chi connectivity index (χ4n) is 4.46. The molecule has 0 bridgehead atoms. The Labute approximate surface area is 179 Å². The van der Waals surface area contributed by atoms with Gasteiger partial charge in [0, 0.05) is 11.5 Å². The van der Waals surface area contributed by atoms with Crippen molar-refractivity contribution in [2.24, 2.45) is 5.41 Å². The summed E-state index contributed by atoms with van der Waals surface area (Å²) < 4.78 is 42.3. The van der Waals surface area contributed by atoms with Gasteiger partial charge in [0.1, 0.15) is 17.5 Å². The van der Waals surface area contributed by atoms with E-state index in [0.717, 1.165) is 23.0 Å². The molecule has 3 nitrogen and oxygen atoms in total. The summed E-state index contributed by atoms with van der Waals surface area (Å²) in [6.07, 6.45) is 7.40. The average Bonchev–Trinajstić information content (AvgIpc) is 3.16. The molecule has 162 valence electrons. The lowest BCUT2D eigenvalue weighted by Crippen LogP contribution is -2.47. The quantitative estimate of drug-likeness (QED) is 0.554. The van der Waals surface area contributed by atoms with Crippen molar-refractivity contribution in [3.05, 3.63) is 89.0 Å². The second-order valence-corrected chi connectivity index (χ2v) is 8.49. The van der Waals surface area contributed by atoms with Crippen LogP contribution in [0.1, 0.15) is 43.5 Å². The summed E-state index contributed by atoms with van der Waals surface area (Å²) in [5.41, 5.74) is 1.36. The maximum Gasteiger partial charge on any atom is 0.129 e. The fraction of sp³-hybridized carbons (Fsp3) is 0.320. The van der Waals surface area contributed by atoms with Crippen LogP contribution in [0.25, 0.3) is 11.8 Å². The first-order valence-electron chi connectivity index (χ1n) is 10.4.